The molecule has 1 amide bonds. The maximum absolute atomic E-state index is 12.8. The normalized spacial score (nSPS) is 12.7. The summed E-state index contributed by atoms with van der Waals surface area (Å²) < 4.78 is 10.9. The molecule has 2 aromatic carbocycles. The van der Waals surface area contributed by atoms with E-state index in [1.807, 2.05) is 24.3 Å². The SMILES string of the molecule is CCN(CC)Cc1ccccc1CNC(=O)c1cc2c(cc1[N+](=O)[O-])OCCO2. The molecule has 0 saturated heterocycles. The second kappa shape index (κ2) is 9.38. The fourth-order valence-electron chi connectivity index (χ4n) is 3.25. The van der Waals surface area contributed by atoms with Gasteiger partial charge in [0.2, 0.25) is 0 Å². The van der Waals surface area contributed by atoms with Crippen LogP contribution in [0.1, 0.15) is 35.3 Å². The quantitative estimate of drug-likeness (QED) is 0.541. The van der Waals surface area contributed by atoms with Crippen LogP contribution >= 0.6 is 0 Å². The molecule has 1 aliphatic rings. The first kappa shape index (κ1) is 20.6. The van der Waals surface area contributed by atoms with E-state index in [9.17, 15) is 14.9 Å². The molecule has 154 valence electrons. The summed E-state index contributed by atoms with van der Waals surface area (Å²) in [6.45, 7) is 7.79. The Morgan fingerprint density at radius 3 is 2.34 bits per heavy atom. The summed E-state index contributed by atoms with van der Waals surface area (Å²) in [5.74, 6) is 0.101. The van der Waals surface area contributed by atoms with E-state index in [0.29, 0.717) is 19.0 Å². The summed E-state index contributed by atoms with van der Waals surface area (Å²) in [6, 6.07) is 10.5. The maximum Gasteiger partial charge on any atom is 0.286 e. The lowest BCUT2D eigenvalue weighted by atomic mass is 10.1. The van der Waals surface area contributed by atoms with Gasteiger partial charge in [-0.05, 0) is 24.2 Å². The predicted molar refractivity (Wildman–Crippen MR) is 108 cm³/mol. The van der Waals surface area contributed by atoms with Crippen LogP contribution in [0.3, 0.4) is 0 Å². The van der Waals surface area contributed by atoms with Crippen LogP contribution < -0.4 is 14.8 Å². The Labute approximate surface area is 169 Å². The number of hydrogen-bond acceptors (Lipinski definition) is 6. The average Bonchev–Trinajstić information content (AvgIpc) is 2.75. The number of carbonyl (C=O) groups excluding carboxylic acids is 1. The van der Waals surface area contributed by atoms with E-state index in [1.165, 1.54) is 12.1 Å². The minimum Gasteiger partial charge on any atom is -0.486 e. The largest absolute Gasteiger partial charge is 0.486 e. The van der Waals surface area contributed by atoms with Gasteiger partial charge in [0.25, 0.3) is 11.6 Å². The molecular formula is C21H25N3O5. The molecular weight excluding hydrogens is 374 g/mol. The Hall–Kier alpha value is -3.13. The van der Waals surface area contributed by atoms with Crippen LogP contribution in [0.15, 0.2) is 36.4 Å². The zero-order valence-electron chi connectivity index (χ0n) is 16.6. The Bertz CT molecular complexity index is 896. The van der Waals surface area contributed by atoms with Gasteiger partial charge in [-0.3, -0.25) is 19.8 Å². The molecule has 0 fully saturated rings. The van der Waals surface area contributed by atoms with Gasteiger partial charge in [0, 0.05) is 19.2 Å². The summed E-state index contributed by atoms with van der Waals surface area (Å²) in [4.78, 5) is 25.9. The number of nitro groups is 1. The van der Waals surface area contributed by atoms with Gasteiger partial charge in [0.15, 0.2) is 11.5 Å². The highest BCUT2D eigenvalue weighted by molar-refractivity contribution is 5.99. The number of ether oxygens (including phenoxy) is 2. The zero-order valence-corrected chi connectivity index (χ0v) is 16.6. The molecule has 3 rings (SSSR count). The molecule has 2 aromatic rings. The number of amides is 1. The molecule has 0 bridgehead atoms. The molecule has 0 unspecified atom stereocenters. The number of nitrogens with zero attached hydrogens (tertiary/aromatic N) is 2. The van der Waals surface area contributed by atoms with Crippen molar-refractivity contribution in [2.45, 2.75) is 26.9 Å². The first-order valence-corrected chi connectivity index (χ1v) is 9.68. The lowest BCUT2D eigenvalue weighted by Gasteiger charge is -2.20. The van der Waals surface area contributed by atoms with Crippen molar-refractivity contribution in [3.63, 3.8) is 0 Å². The van der Waals surface area contributed by atoms with Crippen molar-refractivity contribution in [1.82, 2.24) is 10.2 Å². The summed E-state index contributed by atoms with van der Waals surface area (Å²) >= 11 is 0. The van der Waals surface area contributed by atoms with E-state index in [4.69, 9.17) is 9.47 Å². The number of nitrogens with one attached hydrogen (secondary N) is 1. The standard InChI is InChI=1S/C21H25N3O5/c1-3-23(4-2)14-16-8-6-5-7-15(16)13-22-21(25)17-11-19-20(29-10-9-28-19)12-18(17)24(26)27/h5-8,11-12H,3-4,9-10,13-14H2,1-2H3,(H,22,25). The highest BCUT2D eigenvalue weighted by Gasteiger charge is 2.26. The number of hydrogen-bond donors (Lipinski definition) is 1. The molecule has 0 aromatic heterocycles. The minimum atomic E-state index is -0.582. The number of benzene rings is 2. The van der Waals surface area contributed by atoms with Gasteiger partial charge in [-0.15, -0.1) is 0 Å². The molecule has 1 heterocycles. The van der Waals surface area contributed by atoms with Crippen LogP contribution in [0.5, 0.6) is 11.5 Å². The van der Waals surface area contributed by atoms with Gasteiger partial charge < -0.3 is 14.8 Å². The summed E-state index contributed by atoms with van der Waals surface area (Å²) in [6.07, 6.45) is 0. The van der Waals surface area contributed by atoms with Gasteiger partial charge in [0.05, 0.1) is 11.0 Å². The number of fused-ring (bicyclic) bond motifs is 1. The second-order valence-electron chi connectivity index (χ2n) is 6.68. The van der Waals surface area contributed by atoms with Crippen LogP contribution in [-0.2, 0) is 13.1 Å². The van der Waals surface area contributed by atoms with Crippen molar-refractivity contribution in [3.05, 3.63) is 63.2 Å². The van der Waals surface area contributed by atoms with E-state index >= 15 is 0 Å². The molecule has 0 saturated carbocycles. The molecule has 1 N–H and O–H groups in total. The van der Waals surface area contributed by atoms with E-state index in [1.54, 1.807) is 0 Å². The summed E-state index contributed by atoms with van der Waals surface area (Å²) in [5, 5.41) is 14.3. The molecule has 1 aliphatic heterocycles. The molecule has 0 radical (unpaired) electrons. The summed E-state index contributed by atoms with van der Waals surface area (Å²) in [7, 11) is 0. The first-order valence-electron chi connectivity index (χ1n) is 9.68. The third kappa shape index (κ3) is 4.83. The van der Waals surface area contributed by atoms with Crippen molar-refractivity contribution in [2.75, 3.05) is 26.3 Å². The topological polar surface area (TPSA) is 93.9 Å². The third-order valence-electron chi connectivity index (χ3n) is 4.95. The van der Waals surface area contributed by atoms with Crippen LogP contribution in [0.4, 0.5) is 5.69 Å². The van der Waals surface area contributed by atoms with Gasteiger partial charge in [0.1, 0.15) is 18.8 Å². The Morgan fingerprint density at radius 2 is 1.72 bits per heavy atom. The number of rotatable bonds is 8. The molecule has 8 nitrogen and oxygen atoms in total. The van der Waals surface area contributed by atoms with Gasteiger partial charge in [-0.2, -0.15) is 0 Å². The van der Waals surface area contributed by atoms with Gasteiger partial charge in [-0.1, -0.05) is 38.1 Å². The monoisotopic (exact) mass is 399 g/mol. The lowest BCUT2D eigenvalue weighted by Crippen LogP contribution is -2.27. The molecule has 0 aliphatic carbocycles. The van der Waals surface area contributed by atoms with E-state index in [2.05, 4.69) is 24.1 Å². The van der Waals surface area contributed by atoms with Crippen molar-refractivity contribution < 1.29 is 19.2 Å². The van der Waals surface area contributed by atoms with Crippen molar-refractivity contribution in [1.29, 1.82) is 0 Å². The Kier molecular flexibility index (Phi) is 6.66. The Morgan fingerprint density at radius 1 is 1.10 bits per heavy atom. The molecule has 8 heteroatoms. The van der Waals surface area contributed by atoms with E-state index < -0.39 is 10.8 Å². The van der Waals surface area contributed by atoms with Crippen LogP contribution in [-0.4, -0.2) is 42.0 Å². The van der Waals surface area contributed by atoms with Gasteiger partial charge >= 0.3 is 0 Å². The van der Waals surface area contributed by atoms with Crippen LogP contribution in [0, 0.1) is 10.1 Å². The minimum absolute atomic E-state index is 0.0412. The van der Waals surface area contributed by atoms with E-state index in [0.717, 1.165) is 30.8 Å². The third-order valence-corrected chi connectivity index (χ3v) is 4.95. The number of nitro benzene ring substituents is 1. The second-order valence-corrected chi connectivity index (χ2v) is 6.68. The summed E-state index contributed by atoms with van der Waals surface area (Å²) in [5.41, 5.74) is 1.75. The smallest absolute Gasteiger partial charge is 0.286 e. The van der Waals surface area contributed by atoms with E-state index in [-0.39, 0.29) is 23.5 Å². The average molecular weight is 399 g/mol. The fraction of sp³-hybridized carbons (Fsp3) is 0.381. The van der Waals surface area contributed by atoms with Gasteiger partial charge in [-0.25, -0.2) is 0 Å². The molecule has 0 atom stereocenters. The van der Waals surface area contributed by atoms with Crippen molar-refractivity contribution >= 4 is 11.6 Å². The maximum atomic E-state index is 12.8. The zero-order chi connectivity index (χ0) is 20.8. The highest BCUT2D eigenvalue weighted by atomic mass is 16.6. The molecule has 29 heavy (non-hydrogen) atoms. The predicted octanol–water partition coefficient (Wildman–Crippen LogP) is 3.14. The first-order chi connectivity index (χ1) is 14.0. The van der Waals surface area contributed by atoms with Crippen LogP contribution in [0.25, 0.3) is 0 Å². The fourth-order valence-corrected chi connectivity index (χ4v) is 3.25. The van der Waals surface area contributed by atoms with Crippen LogP contribution in [0.2, 0.25) is 0 Å². The highest BCUT2D eigenvalue weighted by Crippen LogP contribution is 2.36. The lowest BCUT2D eigenvalue weighted by molar-refractivity contribution is -0.385. The van der Waals surface area contributed by atoms with Crippen molar-refractivity contribution in [2.24, 2.45) is 0 Å². The molecule has 0 spiro atoms. The number of carbonyl (C=O) groups is 1. The Balaban J connectivity index is 1.79. The van der Waals surface area contributed by atoms with Crippen molar-refractivity contribution in [3.8, 4) is 11.5 Å².